The summed E-state index contributed by atoms with van der Waals surface area (Å²) in [6.07, 6.45) is 0. The van der Waals surface area contributed by atoms with E-state index in [1.807, 2.05) is 24.4 Å². The summed E-state index contributed by atoms with van der Waals surface area (Å²) in [6.45, 7) is 2.22. The molecule has 20 heavy (non-hydrogen) atoms. The van der Waals surface area contributed by atoms with Crippen molar-refractivity contribution in [3.05, 3.63) is 46.0 Å². The number of carbonyl (C=O) groups excluding carboxylic acids is 2. The fraction of sp³-hybridized carbons (Fsp3) is 0.286. The van der Waals surface area contributed by atoms with E-state index >= 15 is 0 Å². The molecule has 2 amide bonds. The highest BCUT2D eigenvalue weighted by atomic mass is 32.1. The number of nitrogens with one attached hydrogen (secondary N) is 1. The van der Waals surface area contributed by atoms with Crippen LogP contribution in [0.15, 0.2) is 34.1 Å². The lowest BCUT2D eigenvalue weighted by Gasteiger charge is -2.15. The van der Waals surface area contributed by atoms with Crippen LogP contribution in [0.3, 0.4) is 0 Å². The Bertz CT molecular complexity index is 589. The van der Waals surface area contributed by atoms with E-state index in [1.165, 1.54) is 16.2 Å². The highest BCUT2D eigenvalue weighted by molar-refractivity contribution is 7.12. The topological polar surface area (TPSA) is 62.6 Å². The molecule has 0 atom stereocenters. The number of carbonyl (C=O) groups is 2. The highest BCUT2D eigenvalue weighted by Crippen LogP contribution is 2.09. The molecule has 0 spiro atoms. The number of aryl methyl sites for hydroxylation is 1. The molecule has 5 nitrogen and oxygen atoms in total. The first-order valence-corrected chi connectivity index (χ1v) is 7.05. The van der Waals surface area contributed by atoms with Crippen LogP contribution >= 0.6 is 11.3 Å². The first-order chi connectivity index (χ1) is 9.56. The Balaban J connectivity index is 1.81. The second-order valence-corrected chi connectivity index (χ2v) is 5.37. The lowest BCUT2D eigenvalue weighted by atomic mass is 10.4. The number of furan rings is 1. The zero-order valence-corrected chi connectivity index (χ0v) is 12.2. The molecule has 1 N–H and O–H groups in total. The van der Waals surface area contributed by atoms with Crippen molar-refractivity contribution >= 4 is 23.2 Å². The van der Waals surface area contributed by atoms with Gasteiger partial charge in [0.2, 0.25) is 5.91 Å². The van der Waals surface area contributed by atoms with E-state index in [-0.39, 0.29) is 18.4 Å². The van der Waals surface area contributed by atoms with Gasteiger partial charge < -0.3 is 14.6 Å². The van der Waals surface area contributed by atoms with Crippen molar-refractivity contribution < 1.29 is 14.0 Å². The third-order valence-corrected chi connectivity index (χ3v) is 3.63. The van der Waals surface area contributed by atoms with Gasteiger partial charge in [-0.05, 0) is 30.5 Å². The molecule has 2 heterocycles. The lowest BCUT2D eigenvalue weighted by Crippen LogP contribution is -2.37. The maximum Gasteiger partial charge on any atom is 0.261 e. The van der Waals surface area contributed by atoms with Gasteiger partial charge in [0.15, 0.2) is 0 Å². The van der Waals surface area contributed by atoms with Crippen molar-refractivity contribution in [1.29, 1.82) is 0 Å². The van der Waals surface area contributed by atoms with Crippen molar-refractivity contribution in [1.82, 2.24) is 10.2 Å². The Morgan fingerprint density at radius 2 is 2.15 bits per heavy atom. The fourth-order valence-corrected chi connectivity index (χ4v) is 2.32. The van der Waals surface area contributed by atoms with Crippen LogP contribution < -0.4 is 5.32 Å². The summed E-state index contributed by atoms with van der Waals surface area (Å²) in [5.74, 6) is 1.15. The molecule has 2 rings (SSSR count). The van der Waals surface area contributed by atoms with Gasteiger partial charge in [-0.25, -0.2) is 0 Å². The second-order valence-electron chi connectivity index (χ2n) is 4.42. The fourth-order valence-electron chi connectivity index (χ4n) is 1.68. The standard InChI is InChI=1S/C14H16N2O3S/c1-10-5-6-11(19-10)9-16(2)13(17)8-15-14(18)12-4-3-7-20-12/h3-7H,8-9H2,1-2H3,(H,15,18). The van der Waals surface area contributed by atoms with Crippen LogP contribution in [0.2, 0.25) is 0 Å². The maximum atomic E-state index is 11.9. The zero-order chi connectivity index (χ0) is 14.5. The molecule has 106 valence electrons. The molecule has 0 aromatic carbocycles. The van der Waals surface area contributed by atoms with E-state index in [0.29, 0.717) is 11.4 Å². The normalized spacial score (nSPS) is 10.3. The van der Waals surface area contributed by atoms with Crippen LogP contribution in [0.4, 0.5) is 0 Å². The zero-order valence-electron chi connectivity index (χ0n) is 11.4. The maximum absolute atomic E-state index is 11.9. The van der Waals surface area contributed by atoms with Gasteiger partial charge in [-0.15, -0.1) is 11.3 Å². The first kappa shape index (κ1) is 14.3. The molecular weight excluding hydrogens is 276 g/mol. The molecule has 0 saturated heterocycles. The summed E-state index contributed by atoms with van der Waals surface area (Å²) in [4.78, 5) is 25.7. The summed E-state index contributed by atoms with van der Waals surface area (Å²) in [6, 6.07) is 7.21. The van der Waals surface area contributed by atoms with Crippen LogP contribution in [0.5, 0.6) is 0 Å². The van der Waals surface area contributed by atoms with Crippen molar-refractivity contribution in [2.75, 3.05) is 13.6 Å². The summed E-state index contributed by atoms with van der Waals surface area (Å²) < 4.78 is 5.41. The van der Waals surface area contributed by atoms with E-state index in [1.54, 1.807) is 19.2 Å². The average molecular weight is 292 g/mol. The average Bonchev–Trinajstić information content (AvgIpc) is 3.07. The van der Waals surface area contributed by atoms with Gasteiger partial charge >= 0.3 is 0 Å². The molecule has 6 heteroatoms. The smallest absolute Gasteiger partial charge is 0.261 e. The first-order valence-electron chi connectivity index (χ1n) is 6.17. The molecular formula is C14H16N2O3S. The predicted octanol–water partition coefficient (Wildman–Crippen LogP) is 2.04. The van der Waals surface area contributed by atoms with Crippen molar-refractivity contribution in [2.45, 2.75) is 13.5 Å². The number of hydrogen-bond donors (Lipinski definition) is 1. The molecule has 0 aliphatic carbocycles. The van der Waals surface area contributed by atoms with E-state index in [2.05, 4.69) is 5.32 Å². The Morgan fingerprint density at radius 3 is 2.75 bits per heavy atom. The van der Waals surface area contributed by atoms with E-state index in [9.17, 15) is 9.59 Å². The van der Waals surface area contributed by atoms with Gasteiger partial charge in [0, 0.05) is 7.05 Å². The second kappa shape index (κ2) is 6.38. The number of hydrogen-bond acceptors (Lipinski definition) is 4. The number of amides is 2. The molecule has 0 saturated carbocycles. The summed E-state index contributed by atoms with van der Waals surface area (Å²) in [7, 11) is 1.68. The Kier molecular flexibility index (Phi) is 4.57. The van der Waals surface area contributed by atoms with Gasteiger partial charge in [-0.2, -0.15) is 0 Å². The van der Waals surface area contributed by atoms with Gasteiger partial charge in [0.1, 0.15) is 11.5 Å². The minimum atomic E-state index is -0.226. The van der Waals surface area contributed by atoms with Crippen LogP contribution in [0.1, 0.15) is 21.2 Å². The monoisotopic (exact) mass is 292 g/mol. The van der Waals surface area contributed by atoms with Crippen LogP contribution in [0.25, 0.3) is 0 Å². The summed E-state index contributed by atoms with van der Waals surface area (Å²) >= 11 is 1.34. The van der Waals surface area contributed by atoms with Gasteiger partial charge in [-0.1, -0.05) is 6.07 Å². The number of rotatable bonds is 5. The minimum Gasteiger partial charge on any atom is -0.464 e. The number of thiophene rings is 1. The van der Waals surface area contributed by atoms with Crippen LogP contribution in [-0.2, 0) is 11.3 Å². The third kappa shape index (κ3) is 3.71. The van der Waals surface area contributed by atoms with E-state index in [0.717, 1.165) is 11.5 Å². The Hall–Kier alpha value is -2.08. The SMILES string of the molecule is Cc1ccc(CN(C)C(=O)CNC(=O)c2cccs2)o1. The number of likely N-dealkylation sites (N-methyl/N-ethyl adjacent to an activating group) is 1. The molecule has 0 unspecified atom stereocenters. The highest BCUT2D eigenvalue weighted by Gasteiger charge is 2.13. The van der Waals surface area contributed by atoms with Crippen LogP contribution in [-0.4, -0.2) is 30.3 Å². The molecule has 0 radical (unpaired) electrons. The predicted molar refractivity (Wildman–Crippen MR) is 76.6 cm³/mol. The summed E-state index contributed by atoms with van der Waals surface area (Å²) in [5.41, 5.74) is 0. The quantitative estimate of drug-likeness (QED) is 0.917. The van der Waals surface area contributed by atoms with E-state index in [4.69, 9.17) is 4.42 Å². The molecule has 0 aliphatic heterocycles. The van der Waals surface area contributed by atoms with Crippen LogP contribution in [0, 0.1) is 6.92 Å². The van der Waals surface area contributed by atoms with E-state index < -0.39 is 0 Å². The van der Waals surface area contributed by atoms with Crippen molar-refractivity contribution in [3.63, 3.8) is 0 Å². The Morgan fingerprint density at radius 1 is 1.35 bits per heavy atom. The third-order valence-electron chi connectivity index (χ3n) is 2.76. The summed E-state index contributed by atoms with van der Waals surface area (Å²) in [5, 5.41) is 4.43. The molecule has 2 aromatic rings. The molecule has 0 aliphatic rings. The molecule has 0 bridgehead atoms. The Labute approximate surface area is 121 Å². The van der Waals surface area contributed by atoms with Gasteiger partial charge in [0.05, 0.1) is 18.0 Å². The lowest BCUT2D eigenvalue weighted by molar-refractivity contribution is -0.129. The minimum absolute atomic E-state index is 0.0209. The van der Waals surface area contributed by atoms with Gasteiger partial charge in [0.25, 0.3) is 5.91 Å². The molecule has 0 fully saturated rings. The van der Waals surface area contributed by atoms with Crippen molar-refractivity contribution in [3.8, 4) is 0 Å². The van der Waals surface area contributed by atoms with Gasteiger partial charge in [-0.3, -0.25) is 9.59 Å². The van der Waals surface area contributed by atoms with Crippen molar-refractivity contribution in [2.24, 2.45) is 0 Å². The number of nitrogens with zero attached hydrogens (tertiary/aromatic N) is 1. The molecule has 2 aromatic heterocycles. The largest absolute Gasteiger partial charge is 0.464 e.